The number of carbonyl (C=O) groups excluding carboxylic acids is 1. The fourth-order valence-electron chi connectivity index (χ4n) is 2.33. The number of aliphatic hydroxyl groups excluding tert-OH is 1. The molecule has 2 rings (SSSR count). The molecule has 0 aromatic rings. The highest BCUT2D eigenvalue weighted by Crippen LogP contribution is 2.16. The van der Waals surface area contributed by atoms with Crippen molar-refractivity contribution in [3.05, 3.63) is 0 Å². The van der Waals surface area contributed by atoms with Crippen LogP contribution in [0.3, 0.4) is 0 Å². The summed E-state index contributed by atoms with van der Waals surface area (Å²) in [5, 5.41) is 12.3. The zero-order chi connectivity index (χ0) is 11.5. The van der Waals surface area contributed by atoms with Gasteiger partial charge in [0.05, 0.1) is 31.4 Å². The lowest BCUT2D eigenvalue weighted by Gasteiger charge is -2.38. The van der Waals surface area contributed by atoms with Crippen molar-refractivity contribution in [3.63, 3.8) is 0 Å². The number of nitrogens with zero attached hydrogens (tertiary/aromatic N) is 1. The molecule has 0 aromatic heterocycles. The molecule has 92 valence electrons. The molecular weight excluding hydrogens is 208 g/mol. The lowest BCUT2D eigenvalue weighted by molar-refractivity contribution is -0.148. The zero-order valence-corrected chi connectivity index (χ0v) is 9.69. The maximum atomic E-state index is 12.2. The van der Waals surface area contributed by atoms with E-state index in [0.717, 1.165) is 19.4 Å². The molecule has 0 aliphatic carbocycles. The summed E-state index contributed by atoms with van der Waals surface area (Å²) in [6.07, 6.45) is 1.77. The van der Waals surface area contributed by atoms with E-state index in [-0.39, 0.29) is 30.7 Å². The van der Waals surface area contributed by atoms with Gasteiger partial charge in [0.1, 0.15) is 0 Å². The lowest BCUT2D eigenvalue weighted by atomic mass is 10.1. The van der Waals surface area contributed by atoms with E-state index in [2.05, 4.69) is 5.32 Å². The number of hydrogen-bond donors (Lipinski definition) is 2. The molecule has 1 amide bonds. The minimum Gasteiger partial charge on any atom is -0.394 e. The number of carbonyl (C=O) groups is 1. The van der Waals surface area contributed by atoms with Gasteiger partial charge in [0, 0.05) is 6.54 Å². The first-order valence-electron chi connectivity index (χ1n) is 5.98. The fraction of sp³-hybridized carbons (Fsp3) is 0.909. The maximum absolute atomic E-state index is 12.2. The second-order valence-electron chi connectivity index (χ2n) is 4.63. The van der Waals surface area contributed by atoms with Crippen molar-refractivity contribution in [3.8, 4) is 0 Å². The van der Waals surface area contributed by atoms with Crippen molar-refractivity contribution in [2.75, 3.05) is 26.3 Å². The van der Waals surface area contributed by atoms with E-state index in [1.54, 1.807) is 0 Å². The molecule has 0 spiro atoms. The molecule has 16 heavy (non-hydrogen) atoms. The number of rotatable bonds is 2. The van der Waals surface area contributed by atoms with Gasteiger partial charge < -0.3 is 20.1 Å². The molecule has 2 aliphatic heterocycles. The molecule has 2 saturated heterocycles. The van der Waals surface area contributed by atoms with Gasteiger partial charge in [-0.1, -0.05) is 0 Å². The fourth-order valence-corrected chi connectivity index (χ4v) is 2.33. The average molecular weight is 228 g/mol. The molecule has 5 nitrogen and oxygen atoms in total. The molecule has 0 aromatic carbocycles. The number of hydrogen-bond acceptors (Lipinski definition) is 4. The van der Waals surface area contributed by atoms with Gasteiger partial charge in [-0.25, -0.2) is 0 Å². The van der Waals surface area contributed by atoms with Gasteiger partial charge in [-0.05, 0) is 26.3 Å². The predicted molar refractivity (Wildman–Crippen MR) is 59.0 cm³/mol. The summed E-state index contributed by atoms with van der Waals surface area (Å²) in [5.41, 5.74) is 0. The third-order valence-corrected chi connectivity index (χ3v) is 3.35. The number of aliphatic hydroxyl groups is 1. The van der Waals surface area contributed by atoms with Crippen LogP contribution in [0, 0.1) is 0 Å². The Hall–Kier alpha value is -0.650. The van der Waals surface area contributed by atoms with Crippen LogP contribution in [0.1, 0.15) is 19.8 Å². The van der Waals surface area contributed by atoms with E-state index in [1.165, 1.54) is 0 Å². The molecule has 2 unspecified atom stereocenters. The van der Waals surface area contributed by atoms with Gasteiger partial charge in [-0.15, -0.1) is 0 Å². The molecular formula is C11H20N2O3. The minimum absolute atomic E-state index is 0.0193. The molecule has 2 aliphatic rings. The molecule has 2 heterocycles. The third kappa shape index (κ3) is 2.36. The second-order valence-corrected chi connectivity index (χ2v) is 4.63. The summed E-state index contributed by atoms with van der Waals surface area (Å²) < 4.78 is 5.42. The van der Waals surface area contributed by atoms with E-state index in [0.29, 0.717) is 13.2 Å². The summed E-state index contributed by atoms with van der Waals surface area (Å²) in [6, 6.07) is 0.0811. The van der Waals surface area contributed by atoms with E-state index in [4.69, 9.17) is 9.84 Å². The smallest absolute Gasteiger partial charge is 0.240 e. The first kappa shape index (κ1) is 11.8. The van der Waals surface area contributed by atoms with Crippen molar-refractivity contribution in [2.24, 2.45) is 0 Å². The standard InChI is InChI=1S/C11H20N2O3/c1-8-7-16-9(6-14)5-13(8)11(15)10-3-2-4-12-10/h8-10,12,14H,2-7H2,1H3/t8?,9?,10-/m0/s1. The predicted octanol–water partition coefficient (Wildman–Crippen LogP) is -0.653. The molecule has 2 N–H and O–H groups in total. The van der Waals surface area contributed by atoms with Crippen LogP contribution in [-0.2, 0) is 9.53 Å². The van der Waals surface area contributed by atoms with Crippen LogP contribution in [-0.4, -0.2) is 60.4 Å². The summed E-state index contributed by atoms with van der Waals surface area (Å²) in [5.74, 6) is 0.159. The summed E-state index contributed by atoms with van der Waals surface area (Å²) >= 11 is 0. The zero-order valence-electron chi connectivity index (χ0n) is 9.69. The van der Waals surface area contributed by atoms with E-state index < -0.39 is 0 Å². The van der Waals surface area contributed by atoms with Gasteiger partial charge in [-0.3, -0.25) is 4.79 Å². The summed E-state index contributed by atoms with van der Waals surface area (Å²) in [7, 11) is 0. The van der Waals surface area contributed by atoms with Crippen LogP contribution in [0.4, 0.5) is 0 Å². The van der Waals surface area contributed by atoms with E-state index in [9.17, 15) is 4.79 Å². The summed E-state index contributed by atoms with van der Waals surface area (Å²) in [6.45, 7) is 3.92. The van der Waals surface area contributed by atoms with Gasteiger partial charge in [0.25, 0.3) is 0 Å². The number of morpholine rings is 1. The summed E-state index contributed by atoms with van der Waals surface area (Å²) in [4.78, 5) is 14.0. The SMILES string of the molecule is CC1COC(CO)CN1C(=O)[C@@H]1CCCN1. The molecule has 3 atom stereocenters. The Morgan fingerprint density at radius 1 is 1.62 bits per heavy atom. The molecule has 0 radical (unpaired) electrons. The van der Waals surface area contributed by atoms with Crippen molar-refractivity contribution in [1.29, 1.82) is 0 Å². The van der Waals surface area contributed by atoms with Gasteiger partial charge in [-0.2, -0.15) is 0 Å². The van der Waals surface area contributed by atoms with Crippen molar-refractivity contribution < 1.29 is 14.6 Å². The monoisotopic (exact) mass is 228 g/mol. The quantitative estimate of drug-likeness (QED) is 0.659. The maximum Gasteiger partial charge on any atom is 0.240 e. The van der Waals surface area contributed by atoms with Crippen LogP contribution in [0.2, 0.25) is 0 Å². The van der Waals surface area contributed by atoms with Crippen LogP contribution >= 0.6 is 0 Å². The first-order valence-corrected chi connectivity index (χ1v) is 5.98. The molecule has 2 fully saturated rings. The van der Waals surface area contributed by atoms with Crippen LogP contribution < -0.4 is 5.32 Å². The van der Waals surface area contributed by atoms with E-state index >= 15 is 0 Å². The topological polar surface area (TPSA) is 61.8 Å². The van der Waals surface area contributed by atoms with Crippen molar-refractivity contribution >= 4 is 5.91 Å². The number of ether oxygens (including phenoxy) is 1. The largest absolute Gasteiger partial charge is 0.394 e. The van der Waals surface area contributed by atoms with Gasteiger partial charge in [0.2, 0.25) is 5.91 Å². The molecule has 0 bridgehead atoms. The third-order valence-electron chi connectivity index (χ3n) is 3.35. The highest BCUT2D eigenvalue weighted by Gasteiger charge is 2.34. The Kier molecular flexibility index (Phi) is 3.78. The Morgan fingerprint density at radius 3 is 3.06 bits per heavy atom. The van der Waals surface area contributed by atoms with Crippen molar-refractivity contribution in [2.45, 2.75) is 38.0 Å². The Balaban J connectivity index is 1.97. The number of nitrogens with one attached hydrogen (secondary N) is 1. The molecule has 0 saturated carbocycles. The minimum atomic E-state index is -0.221. The van der Waals surface area contributed by atoms with Crippen molar-refractivity contribution in [1.82, 2.24) is 10.2 Å². The Morgan fingerprint density at radius 2 is 2.44 bits per heavy atom. The van der Waals surface area contributed by atoms with Crippen LogP contribution in [0.5, 0.6) is 0 Å². The molecule has 5 heteroatoms. The first-order chi connectivity index (χ1) is 7.72. The highest BCUT2D eigenvalue weighted by molar-refractivity contribution is 5.82. The number of amides is 1. The van der Waals surface area contributed by atoms with Gasteiger partial charge >= 0.3 is 0 Å². The Bertz CT molecular complexity index is 254. The second kappa shape index (κ2) is 5.12. The van der Waals surface area contributed by atoms with E-state index in [1.807, 2.05) is 11.8 Å². The highest BCUT2D eigenvalue weighted by atomic mass is 16.5. The Labute approximate surface area is 95.8 Å². The van der Waals surface area contributed by atoms with Gasteiger partial charge in [0.15, 0.2) is 0 Å². The van der Waals surface area contributed by atoms with Crippen LogP contribution in [0.15, 0.2) is 0 Å². The lowest BCUT2D eigenvalue weighted by Crippen LogP contribution is -2.56. The normalized spacial score (nSPS) is 35.4. The van der Waals surface area contributed by atoms with Crippen LogP contribution in [0.25, 0.3) is 0 Å². The average Bonchev–Trinajstić information content (AvgIpc) is 2.82.